The lowest BCUT2D eigenvalue weighted by Crippen LogP contribution is -2.63. The lowest BCUT2D eigenvalue weighted by molar-refractivity contribution is -0.163. The van der Waals surface area contributed by atoms with Crippen LogP contribution < -0.4 is 5.32 Å². The maximum absolute atomic E-state index is 12.8. The molecule has 2 amide bonds. The molecule has 4 rings (SSSR count). The zero-order valence-corrected chi connectivity index (χ0v) is 25.8. The second kappa shape index (κ2) is 14.6. The number of nitrogens with one attached hydrogen (secondary N) is 1. The van der Waals surface area contributed by atoms with E-state index in [-0.39, 0.29) is 53.8 Å². The summed E-state index contributed by atoms with van der Waals surface area (Å²) in [6, 6.07) is 7.88. The summed E-state index contributed by atoms with van der Waals surface area (Å²) < 4.78 is 0. The van der Waals surface area contributed by atoms with Gasteiger partial charge in [-0.1, -0.05) is 25.5 Å². The van der Waals surface area contributed by atoms with Crippen LogP contribution in [0.25, 0.3) is 0 Å². The number of carboxylic acid groups (broad SMARTS) is 1. The Kier molecular flexibility index (Phi) is 10.9. The number of aliphatic carboxylic acids is 1. The van der Waals surface area contributed by atoms with Gasteiger partial charge >= 0.3 is 5.97 Å². The van der Waals surface area contributed by atoms with Crippen LogP contribution in [0.15, 0.2) is 47.7 Å². The van der Waals surface area contributed by atoms with Crippen molar-refractivity contribution < 1.29 is 49.8 Å². The largest absolute Gasteiger partial charge is 0.504 e. The minimum absolute atomic E-state index is 0.0562. The third-order valence-corrected chi connectivity index (χ3v) is 8.80. The minimum Gasteiger partial charge on any atom is -0.504 e. The molecule has 0 saturated carbocycles. The van der Waals surface area contributed by atoms with Crippen LogP contribution >= 0.6 is 0 Å². The number of aliphatic hydroxyl groups is 1. The van der Waals surface area contributed by atoms with Crippen LogP contribution in [0.4, 0.5) is 0 Å². The number of amides is 2. The molecule has 46 heavy (non-hydrogen) atoms. The molecule has 13 nitrogen and oxygen atoms in total. The Morgan fingerprint density at radius 3 is 2.15 bits per heavy atom. The van der Waals surface area contributed by atoms with Crippen molar-refractivity contribution >= 4 is 23.6 Å². The van der Waals surface area contributed by atoms with E-state index in [1.807, 2.05) is 11.8 Å². The third kappa shape index (κ3) is 7.10. The normalized spacial score (nSPS) is 19.6. The molecule has 0 aromatic heterocycles. The van der Waals surface area contributed by atoms with E-state index in [1.54, 1.807) is 0 Å². The number of ketones is 1. The molecule has 13 heteroatoms. The molecular formula is C33H41N3O10. The standard InChI is InChI=1S/C33H41N3O10/c1-18-22(28(33(45)46)36-27(18)26(19(2)37)32(36)44)17-35(16-8-14-34-31(43)21-10-7-13-25(40)30(21)42)15-5-3-4-11-23(38)20-9-6-12-24(39)29(20)41/h6-7,9-10,12-13,18-19,26-27,37,39-42H,3-5,8,11,14-17H2,1-2H3,(H,34,43)(H,45,46)/t18-,19+,26+,27+/m0/s1. The quantitative estimate of drug-likeness (QED) is 0.0615. The molecule has 0 bridgehead atoms. The van der Waals surface area contributed by atoms with Gasteiger partial charge in [0.05, 0.1) is 29.2 Å². The maximum Gasteiger partial charge on any atom is 0.352 e. The summed E-state index contributed by atoms with van der Waals surface area (Å²) in [6.07, 6.45) is 1.52. The molecule has 0 spiro atoms. The van der Waals surface area contributed by atoms with Crippen LogP contribution in [-0.2, 0) is 9.59 Å². The summed E-state index contributed by atoms with van der Waals surface area (Å²) in [7, 11) is 0. The predicted octanol–water partition coefficient (Wildman–Crippen LogP) is 2.57. The number of carboxylic acids is 1. The number of aliphatic hydroxyl groups excluding tert-OH is 1. The molecule has 7 N–H and O–H groups in total. The van der Waals surface area contributed by atoms with E-state index in [4.69, 9.17) is 0 Å². The van der Waals surface area contributed by atoms with Gasteiger partial charge in [-0.05, 0) is 62.6 Å². The van der Waals surface area contributed by atoms with Crippen molar-refractivity contribution in [2.45, 2.75) is 58.1 Å². The summed E-state index contributed by atoms with van der Waals surface area (Å²) in [5.41, 5.74) is 0.509. The van der Waals surface area contributed by atoms with Crippen LogP contribution in [0.3, 0.4) is 0 Å². The first-order chi connectivity index (χ1) is 21.8. The number of Topliss-reactive ketones (excluding diaryl/α,β-unsaturated/α-hetero) is 1. The Balaban J connectivity index is 1.40. The van der Waals surface area contributed by atoms with Crippen molar-refractivity contribution in [2.75, 3.05) is 26.2 Å². The Hall–Kier alpha value is -4.62. The third-order valence-electron chi connectivity index (χ3n) is 8.80. The van der Waals surface area contributed by atoms with Crippen LogP contribution in [0.5, 0.6) is 23.0 Å². The van der Waals surface area contributed by atoms with Crippen molar-refractivity contribution in [3.8, 4) is 23.0 Å². The van der Waals surface area contributed by atoms with Gasteiger partial charge in [-0.3, -0.25) is 19.3 Å². The van der Waals surface area contributed by atoms with Crippen LogP contribution in [0.2, 0.25) is 0 Å². The summed E-state index contributed by atoms with van der Waals surface area (Å²) >= 11 is 0. The molecule has 0 aliphatic carbocycles. The molecule has 2 aliphatic rings. The number of nitrogens with zero attached hydrogens (tertiary/aromatic N) is 2. The number of hydrogen-bond acceptors (Lipinski definition) is 10. The fourth-order valence-corrected chi connectivity index (χ4v) is 6.37. The number of para-hydroxylation sites is 2. The number of fused-ring (bicyclic) bond motifs is 1. The topological polar surface area (TPSA) is 208 Å². The van der Waals surface area contributed by atoms with Gasteiger partial charge in [0.25, 0.3) is 5.91 Å². The smallest absolute Gasteiger partial charge is 0.352 e. The second-order valence-electron chi connectivity index (χ2n) is 11.9. The lowest BCUT2D eigenvalue weighted by atomic mass is 9.77. The average molecular weight is 640 g/mol. The number of β-lactam (4-membered cyclic amide) rings is 1. The van der Waals surface area contributed by atoms with Crippen molar-refractivity contribution in [2.24, 2.45) is 11.8 Å². The maximum atomic E-state index is 12.8. The van der Waals surface area contributed by atoms with E-state index in [1.165, 1.54) is 48.2 Å². The molecule has 0 radical (unpaired) electrons. The number of hydrogen-bond donors (Lipinski definition) is 7. The molecule has 1 saturated heterocycles. The summed E-state index contributed by atoms with van der Waals surface area (Å²) in [4.78, 5) is 53.5. The number of benzene rings is 2. The van der Waals surface area contributed by atoms with Crippen molar-refractivity contribution in [3.63, 3.8) is 0 Å². The molecule has 2 aliphatic heterocycles. The molecule has 4 atom stereocenters. The van der Waals surface area contributed by atoms with Crippen molar-refractivity contribution in [1.82, 2.24) is 15.1 Å². The van der Waals surface area contributed by atoms with Gasteiger partial charge in [-0.15, -0.1) is 0 Å². The molecule has 2 heterocycles. The number of carbonyl (C=O) groups excluding carboxylic acids is 3. The van der Waals surface area contributed by atoms with E-state index in [9.17, 15) is 49.8 Å². The highest BCUT2D eigenvalue weighted by Crippen LogP contribution is 2.47. The summed E-state index contributed by atoms with van der Waals surface area (Å²) in [5.74, 6) is -5.19. The predicted molar refractivity (Wildman–Crippen MR) is 165 cm³/mol. The van der Waals surface area contributed by atoms with E-state index >= 15 is 0 Å². The summed E-state index contributed by atoms with van der Waals surface area (Å²) in [5, 5.41) is 62.3. The zero-order chi connectivity index (χ0) is 33.7. The average Bonchev–Trinajstić information content (AvgIpc) is 3.24. The Labute approximate surface area is 266 Å². The lowest BCUT2D eigenvalue weighted by Gasteiger charge is -2.46. The van der Waals surface area contributed by atoms with E-state index < -0.39 is 53.1 Å². The van der Waals surface area contributed by atoms with Gasteiger partial charge in [0.1, 0.15) is 5.70 Å². The number of aromatic hydroxyl groups is 4. The van der Waals surface area contributed by atoms with Gasteiger partial charge in [0.2, 0.25) is 5.91 Å². The first-order valence-corrected chi connectivity index (χ1v) is 15.4. The second-order valence-corrected chi connectivity index (χ2v) is 11.9. The van der Waals surface area contributed by atoms with Crippen LogP contribution in [0, 0.1) is 11.8 Å². The van der Waals surface area contributed by atoms with E-state index in [0.717, 1.165) is 0 Å². The number of carbonyl (C=O) groups is 4. The number of rotatable bonds is 16. The molecule has 2 aromatic rings. The fourth-order valence-electron chi connectivity index (χ4n) is 6.37. The first kappa shape index (κ1) is 34.3. The Morgan fingerprint density at radius 2 is 1.52 bits per heavy atom. The van der Waals surface area contributed by atoms with Crippen molar-refractivity contribution in [1.29, 1.82) is 0 Å². The van der Waals surface area contributed by atoms with Crippen LogP contribution in [0.1, 0.15) is 66.7 Å². The van der Waals surface area contributed by atoms with Crippen molar-refractivity contribution in [3.05, 3.63) is 58.8 Å². The number of phenols is 4. The Morgan fingerprint density at radius 1 is 0.913 bits per heavy atom. The fraction of sp³-hybridized carbons (Fsp3) is 0.455. The molecular weight excluding hydrogens is 598 g/mol. The number of unbranched alkanes of at least 4 members (excludes halogenated alkanes) is 2. The minimum atomic E-state index is -1.21. The molecule has 0 unspecified atom stereocenters. The molecule has 1 fully saturated rings. The van der Waals surface area contributed by atoms with E-state index in [0.29, 0.717) is 44.3 Å². The highest BCUT2D eigenvalue weighted by Gasteiger charge is 2.59. The Bertz CT molecular complexity index is 1520. The van der Waals surface area contributed by atoms with Gasteiger partial charge < -0.3 is 40.9 Å². The van der Waals surface area contributed by atoms with Gasteiger partial charge in [0, 0.05) is 32.0 Å². The van der Waals surface area contributed by atoms with E-state index in [2.05, 4.69) is 5.32 Å². The van der Waals surface area contributed by atoms with Crippen LogP contribution in [-0.4, -0.2) is 102 Å². The summed E-state index contributed by atoms with van der Waals surface area (Å²) in [6.45, 7) is 4.82. The SMILES string of the molecule is C[C@@H](O)[C@H]1C(=O)N2C(C(=O)O)=C(CN(CCCCCC(=O)c3cccc(O)c3O)CCCNC(=O)c3cccc(O)c3O)[C@H](C)[C@H]12. The molecule has 248 valence electrons. The highest BCUT2D eigenvalue weighted by atomic mass is 16.4. The van der Waals surface area contributed by atoms with Gasteiger partial charge in [-0.2, -0.15) is 0 Å². The van der Waals surface area contributed by atoms with Gasteiger partial charge in [0.15, 0.2) is 28.8 Å². The monoisotopic (exact) mass is 639 g/mol. The zero-order valence-electron chi connectivity index (χ0n) is 25.8. The molecule has 2 aromatic carbocycles. The highest BCUT2D eigenvalue weighted by molar-refractivity contribution is 6.00. The van der Waals surface area contributed by atoms with Gasteiger partial charge in [-0.25, -0.2) is 4.79 Å². The first-order valence-electron chi connectivity index (χ1n) is 15.4. The number of phenolic OH excluding ortho intramolecular Hbond substituents is 4.